The summed E-state index contributed by atoms with van der Waals surface area (Å²) in [5, 5.41) is 5.22. The molecule has 0 bridgehead atoms. The predicted molar refractivity (Wildman–Crippen MR) is 112 cm³/mol. The van der Waals surface area contributed by atoms with Crippen LogP contribution in [0, 0.1) is 0 Å². The van der Waals surface area contributed by atoms with Crippen molar-refractivity contribution < 1.29 is 14.3 Å². The van der Waals surface area contributed by atoms with E-state index < -0.39 is 11.8 Å². The van der Waals surface area contributed by atoms with Crippen molar-refractivity contribution in [1.82, 2.24) is 14.9 Å². The van der Waals surface area contributed by atoms with E-state index in [0.29, 0.717) is 37.6 Å². The number of nitrogens with zero attached hydrogens (tertiary/aromatic N) is 2. The normalized spacial score (nSPS) is 10.4. The molecule has 3 aromatic rings. The summed E-state index contributed by atoms with van der Waals surface area (Å²) >= 11 is 0. The highest BCUT2D eigenvalue weighted by atomic mass is 16.5. The highest BCUT2D eigenvalue weighted by Gasteiger charge is 2.13. The molecule has 0 aliphatic heterocycles. The number of anilines is 1. The van der Waals surface area contributed by atoms with Gasteiger partial charge in [0.05, 0.1) is 6.61 Å². The minimum atomic E-state index is -0.693. The number of aromatic nitrogens is 2. The second-order valence-corrected chi connectivity index (χ2v) is 6.33. The van der Waals surface area contributed by atoms with Gasteiger partial charge in [-0.15, -0.1) is 0 Å². The fourth-order valence-corrected chi connectivity index (χ4v) is 2.86. The molecule has 150 valence electrons. The van der Waals surface area contributed by atoms with Crippen LogP contribution >= 0.6 is 0 Å². The number of rotatable bonds is 8. The molecule has 0 saturated heterocycles. The third kappa shape index (κ3) is 5.68. The van der Waals surface area contributed by atoms with E-state index in [1.165, 1.54) is 0 Å². The lowest BCUT2D eigenvalue weighted by Crippen LogP contribution is -2.36. The van der Waals surface area contributed by atoms with Gasteiger partial charge >= 0.3 is 11.8 Å². The van der Waals surface area contributed by atoms with Crippen LogP contribution in [0.2, 0.25) is 0 Å². The number of imidazole rings is 1. The molecule has 1 heterocycles. The van der Waals surface area contributed by atoms with E-state index in [0.717, 1.165) is 11.4 Å². The van der Waals surface area contributed by atoms with Crippen molar-refractivity contribution in [1.29, 1.82) is 0 Å². The number of amides is 2. The first-order valence-corrected chi connectivity index (χ1v) is 9.56. The Kier molecular flexibility index (Phi) is 7.00. The van der Waals surface area contributed by atoms with E-state index in [1.54, 1.807) is 30.5 Å². The molecule has 1 aromatic heterocycles. The van der Waals surface area contributed by atoms with Crippen molar-refractivity contribution in [2.24, 2.45) is 0 Å². The molecule has 2 aromatic carbocycles. The van der Waals surface area contributed by atoms with Crippen LogP contribution in [-0.2, 0) is 16.1 Å². The predicted octanol–water partition coefficient (Wildman–Crippen LogP) is 3.09. The van der Waals surface area contributed by atoms with Gasteiger partial charge in [-0.2, -0.15) is 0 Å². The molecular weight excluding hydrogens is 368 g/mol. The average Bonchev–Trinajstić information content (AvgIpc) is 3.22. The highest BCUT2D eigenvalue weighted by Crippen LogP contribution is 2.17. The fraction of sp³-hybridized carbons (Fsp3) is 0.227. The van der Waals surface area contributed by atoms with Crippen molar-refractivity contribution in [3.8, 4) is 17.1 Å². The molecule has 0 aliphatic carbocycles. The molecular formula is C22H24N4O3. The monoisotopic (exact) mass is 392 g/mol. The second kappa shape index (κ2) is 10.1. The third-order valence-electron chi connectivity index (χ3n) is 4.24. The number of carbonyl (C=O) groups is 2. The number of ether oxygens (including phenoxy) is 1. The lowest BCUT2D eigenvalue weighted by molar-refractivity contribution is -0.136. The molecule has 2 amide bonds. The topological polar surface area (TPSA) is 85.2 Å². The number of hydrogen-bond donors (Lipinski definition) is 2. The quantitative estimate of drug-likeness (QED) is 0.456. The molecule has 0 aliphatic rings. The minimum Gasteiger partial charge on any atom is -0.494 e. The van der Waals surface area contributed by atoms with Crippen molar-refractivity contribution >= 4 is 17.5 Å². The van der Waals surface area contributed by atoms with Gasteiger partial charge in [0, 0.05) is 36.7 Å². The molecule has 0 saturated carbocycles. The van der Waals surface area contributed by atoms with Crippen molar-refractivity contribution in [2.45, 2.75) is 19.9 Å². The van der Waals surface area contributed by atoms with E-state index in [2.05, 4.69) is 15.6 Å². The number of nitrogens with one attached hydrogen (secondary N) is 2. The molecule has 3 rings (SSSR count). The molecule has 0 radical (unpaired) electrons. The van der Waals surface area contributed by atoms with Crippen molar-refractivity contribution in [3.05, 3.63) is 67.0 Å². The maximum atomic E-state index is 12.0. The molecule has 7 heteroatoms. The Morgan fingerprint density at radius 2 is 1.79 bits per heavy atom. The van der Waals surface area contributed by atoms with Crippen molar-refractivity contribution in [3.63, 3.8) is 0 Å². The van der Waals surface area contributed by atoms with Gasteiger partial charge in [0.25, 0.3) is 0 Å². The summed E-state index contributed by atoms with van der Waals surface area (Å²) < 4.78 is 7.38. The first-order chi connectivity index (χ1) is 14.2. The summed E-state index contributed by atoms with van der Waals surface area (Å²) in [5.74, 6) is 0.240. The van der Waals surface area contributed by atoms with Gasteiger partial charge in [0.15, 0.2) is 0 Å². The van der Waals surface area contributed by atoms with Gasteiger partial charge in [-0.1, -0.05) is 30.3 Å². The van der Waals surface area contributed by atoms with Crippen molar-refractivity contribution in [2.75, 3.05) is 18.5 Å². The van der Waals surface area contributed by atoms with Crippen LogP contribution in [0.3, 0.4) is 0 Å². The Hall–Kier alpha value is -3.61. The highest BCUT2D eigenvalue weighted by molar-refractivity contribution is 6.39. The molecule has 2 N–H and O–H groups in total. The molecule has 29 heavy (non-hydrogen) atoms. The first-order valence-electron chi connectivity index (χ1n) is 9.56. The molecule has 0 unspecified atom stereocenters. The van der Waals surface area contributed by atoms with Crippen LogP contribution < -0.4 is 15.4 Å². The summed E-state index contributed by atoms with van der Waals surface area (Å²) in [6, 6.07) is 16.8. The van der Waals surface area contributed by atoms with Gasteiger partial charge in [-0.3, -0.25) is 9.59 Å². The standard InChI is InChI=1S/C22H24N4O3/c1-2-29-19-11-9-18(10-12-19)25-22(28)21(27)24-13-6-15-26-16-14-23-20(26)17-7-4-3-5-8-17/h3-5,7-12,14,16H,2,6,13,15H2,1H3,(H,24,27)(H,25,28). The Labute approximate surface area is 169 Å². The van der Waals surface area contributed by atoms with E-state index in [4.69, 9.17) is 4.74 Å². The number of aryl methyl sites for hydroxylation is 1. The zero-order valence-electron chi connectivity index (χ0n) is 16.3. The lowest BCUT2D eigenvalue weighted by Gasteiger charge is -2.09. The second-order valence-electron chi connectivity index (χ2n) is 6.33. The van der Waals surface area contributed by atoms with Gasteiger partial charge in [0.1, 0.15) is 11.6 Å². The summed E-state index contributed by atoms with van der Waals surface area (Å²) in [4.78, 5) is 28.4. The summed E-state index contributed by atoms with van der Waals surface area (Å²) in [7, 11) is 0. The SMILES string of the molecule is CCOc1ccc(NC(=O)C(=O)NCCCn2ccnc2-c2ccccc2)cc1. The molecule has 0 atom stereocenters. The van der Waals surface area contributed by atoms with Crippen LogP contribution in [0.4, 0.5) is 5.69 Å². The van der Waals surface area contributed by atoms with Crippen LogP contribution in [0.5, 0.6) is 5.75 Å². The zero-order chi connectivity index (χ0) is 20.5. The Balaban J connectivity index is 1.43. The van der Waals surface area contributed by atoms with Gasteiger partial charge < -0.3 is 19.9 Å². The van der Waals surface area contributed by atoms with E-state index in [-0.39, 0.29) is 0 Å². The lowest BCUT2D eigenvalue weighted by atomic mass is 10.2. The van der Waals surface area contributed by atoms with E-state index >= 15 is 0 Å². The Bertz CT molecular complexity index is 936. The number of hydrogen-bond acceptors (Lipinski definition) is 4. The van der Waals surface area contributed by atoms with Crippen LogP contribution in [0.25, 0.3) is 11.4 Å². The Morgan fingerprint density at radius 1 is 1.03 bits per heavy atom. The largest absolute Gasteiger partial charge is 0.494 e. The summed E-state index contributed by atoms with van der Waals surface area (Å²) in [6.45, 7) is 3.54. The summed E-state index contributed by atoms with van der Waals surface area (Å²) in [6.07, 6.45) is 4.34. The fourth-order valence-electron chi connectivity index (χ4n) is 2.86. The minimum absolute atomic E-state index is 0.391. The maximum Gasteiger partial charge on any atom is 0.313 e. The first kappa shape index (κ1) is 20.1. The number of benzene rings is 2. The number of carbonyl (C=O) groups excluding carboxylic acids is 2. The smallest absolute Gasteiger partial charge is 0.313 e. The van der Waals surface area contributed by atoms with Crippen LogP contribution in [0.1, 0.15) is 13.3 Å². The van der Waals surface area contributed by atoms with Gasteiger partial charge in [-0.25, -0.2) is 4.98 Å². The van der Waals surface area contributed by atoms with E-state index in [1.807, 2.05) is 48.0 Å². The van der Waals surface area contributed by atoms with Crippen LogP contribution in [0.15, 0.2) is 67.0 Å². The van der Waals surface area contributed by atoms with E-state index in [9.17, 15) is 9.59 Å². The zero-order valence-corrected chi connectivity index (χ0v) is 16.3. The molecule has 0 spiro atoms. The molecule has 0 fully saturated rings. The van der Waals surface area contributed by atoms with Gasteiger partial charge in [-0.05, 0) is 37.6 Å². The van der Waals surface area contributed by atoms with Gasteiger partial charge in [0.2, 0.25) is 0 Å². The van der Waals surface area contributed by atoms with Crippen LogP contribution in [-0.4, -0.2) is 34.5 Å². The maximum absolute atomic E-state index is 12.0. The summed E-state index contributed by atoms with van der Waals surface area (Å²) in [5.41, 5.74) is 1.58. The average molecular weight is 392 g/mol. The Morgan fingerprint density at radius 3 is 2.52 bits per heavy atom. The third-order valence-corrected chi connectivity index (χ3v) is 4.24. The molecule has 7 nitrogen and oxygen atoms in total.